The average molecular weight is 234 g/mol. The SMILES string of the molecule is CC(c1ccc(N)cc1)N(C)C1CCOCC1. The lowest BCUT2D eigenvalue weighted by molar-refractivity contribution is 0.0309. The van der Waals surface area contributed by atoms with Gasteiger partial charge in [-0.25, -0.2) is 0 Å². The summed E-state index contributed by atoms with van der Waals surface area (Å²) in [4.78, 5) is 2.45. The van der Waals surface area contributed by atoms with Gasteiger partial charge in [-0.1, -0.05) is 12.1 Å². The lowest BCUT2D eigenvalue weighted by atomic mass is 10.0. The van der Waals surface area contributed by atoms with E-state index in [4.69, 9.17) is 10.5 Å². The van der Waals surface area contributed by atoms with Gasteiger partial charge in [-0.05, 0) is 44.5 Å². The molecule has 2 rings (SSSR count). The fourth-order valence-corrected chi connectivity index (χ4v) is 2.42. The fourth-order valence-electron chi connectivity index (χ4n) is 2.42. The molecule has 1 heterocycles. The summed E-state index contributed by atoms with van der Waals surface area (Å²) >= 11 is 0. The standard InChI is InChI=1S/C14H22N2O/c1-11(12-3-5-13(15)6-4-12)16(2)14-7-9-17-10-8-14/h3-6,11,14H,7-10,15H2,1-2H3. The third-order valence-electron chi connectivity index (χ3n) is 3.80. The van der Waals surface area contributed by atoms with Crippen LogP contribution in [0.15, 0.2) is 24.3 Å². The second-order valence-corrected chi connectivity index (χ2v) is 4.85. The highest BCUT2D eigenvalue weighted by atomic mass is 16.5. The van der Waals surface area contributed by atoms with Gasteiger partial charge in [0.05, 0.1) is 0 Å². The molecular formula is C14H22N2O. The first-order valence-corrected chi connectivity index (χ1v) is 6.33. The zero-order chi connectivity index (χ0) is 12.3. The Kier molecular flexibility index (Phi) is 4.02. The predicted molar refractivity (Wildman–Crippen MR) is 70.9 cm³/mol. The molecule has 3 nitrogen and oxygen atoms in total. The molecule has 0 radical (unpaired) electrons. The Balaban J connectivity index is 2.02. The van der Waals surface area contributed by atoms with Crippen LogP contribution in [-0.2, 0) is 4.74 Å². The zero-order valence-electron chi connectivity index (χ0n) is 10.7. The topological polar surface area (TPSA) is 38.5 Å². The van der Waals surface area contributed by atoms with E-state index in [1.54, 1.807) is 0 Å². The molecule has 0 amide bonds. The first-order valence-electron chi connectivity index (χ1n) is 6.33. The van der Waals surface area contributed by atoms with Crippen LogP contribution in [0.2, 0.25) is 0 Å². The summed E-state index contributed by atoms with van der Waals surface area (Å²) in [6, 6.07) is 9.26. The molecule has 0 spiro atoms. The summed E-state index contributed by atoms with van der Waals surface area (Å²) in [5.41, 5.74) is 7.87. The van der Waals surface area contributed by atoms with E-state index in [2.05, 4.69) is 31.0 Å². The van der Waals surface area contributed by atoms with Crippen LogP contribution in [0.3, 0.4) is 0 Å². The van der Waals surface area contributed by atoms with E-state index in [1.807, 2.05) is 12.1 Å². The van der Waals surface area contributed by atoms with Gasteiger partial charge in [-0.3, -0.25) is 4.90 Å². The Morgan fingerprint density at radius 2 is 1.82 bits per heavy atom. The van der Waals surface area contributed by atoms with Gasteiger partial charge < -0.3 is 10.5 Å². The van der Waals surface area contributed by atoms with Crippen LogP contribution in [0, 0.1) is 0 Å². The molecule has 0 aliphatic carbocycles. The second kappa shape index (κ2) is 5.52. The minimum absolute atomic E-state index is 0.429. The first-order chi connectivity index (χ1) is 8.18. The molecule has 0 saturated carbocycles. The number of anilines is 1. The number of ether oxygens (including phenoxy) is 1. The maximum absolute atomic E-state index is 5.72. The molecule has 1 aromatic carbocycles. The molecule has 1 aliphatic rings. The zero-order valence-corrected chi connectivity index (χ0v) is 10.7. The van der Waals surface area contributed by atoms with Crippen molar-refractivity contribution in [2.45, 2.75) is 31.8 Å². The van der Waals surface area contributed by atoms with Gasteiger partial charge in [-0.2, -0.15) is 0 Å². The van der Waals surface area contributed by atoms with E-state index in [1.165, 1.54) is 5.56 Å². The molecule has 1 unspecified atom stereocenters. The van der Waals surface area contributed by atoms with Gasteiger partial charge in [0.15, 0.2) is 0 Å². The lowest BCUT2D eigenvalue weighted by Crippen LogP contribution is -2.38. The monoisotopic (exact) mass is 234 g/mol. The van der Waals surface area contributed by atoms with Crippen molar-refractivity contribution in [3.63, 3.8) is 0 Å². The number of benzene rings is 1. The van der Waals surface area contributed by atoms with Crippen molar-refractivity contribution in [1.29, 1.82) is 0 Å². The molecule has 0 aromatic heterocycles. The van der Waals surface area contributed by atoms with Crippen LogP contribution in [0.1, 0.15) is 31.4 Å². The normalized spacial score (nSPS) is 19.5. The third kappa shape index (κ3) is 2.99. The second-order valence-electron chi connectivity index (χ2n) is 4.85. The molecule has 1 atom stereocenters. The number of nitrogens with zero attached hydrogens (tertiary/aromatic N) is 1. The quantitative estimate of drug-likeness (QED) is 0.816. The van der Waals surface area contributed by atoms with Crippen LogP contribution < -0.4 is 5.73 Å². The van der Waals surface area contributed by atoms with E-state index in [0.29, 0.717) is 12.1 Å². The van der Waals surface area contributed by atoms with E-state index in [9.17, 15) is 0 Å². The molecule has 1 fully saturated rings. The van der Waals surface area contributed by atoms with Gasteiger partial charge >= 0.3 is 0 Å². The maximum atomic E-state index is 5.72. The van der Waals surface area contributed by atoms with E-state index in [0.717, 1.165) is 31.7 Å². The summed E-state index contributed by atoms with van der Waals surface area (Å²) in [6.07, 6.45) is 2.27. The van der Waals surface area contributed by atoms with E-state index < -0.39 is 0 Å². The van der Waals surface area contributed by atoms with E-state index in [-0.39, 0.29) is 0 Å². The number of rotatable bonds is 3. The Bertz CT molecular complexity index is 344. The van der Waals surface area contributed by atoms with Crippen molar-refractivity contribution in [2.24, 2.45) is 0 Å². The highest BCUT2D eigenvalue weighted by Crippen LogP contribution is 2.25. The van der Waals surface area contributed by atoms with Crippen molar-refractivity contribution >= 4 is 5.69 Å². The summed E-state index contributed by atoms with van der Waals surface area (Å²) in [5.74, 6) is 0. The average Bonchev–Trinajstić information content (AvgIpc) is 2.39. The van der Waals surface area contributed by atoms with Crippen molar-refractivity contribution in [2.75, 3.05) is 26.0 Å². The highest BCUT2D eigenvalue weighted by molar-refractivity contribution is 5.40. The van der Waals surface area contributed by atoms with Crippen LogP contribution in [0.4, 0.5) is 5.69 Å². The molecule has 2 N–H and O–H groups in total. The minimum atomic E-state index is 0.429. The van der Waals surface area contributed by atoms with E-state index >= 15 is 0 Å². The lowest BCUT2D eigenvalue weighted by Gasteiger charge is -2.35. The van der Waals surface area contributed by atoms with Crippen LogP contribution in [0.25, 0.3) is 0 Å². The molecule has 0 bridgehead atoms. The van der Waals surface area contributed by atoms with Gasteiger partial charge in [0.2, 0.25) is 0 Å². The van der Waals surface area contributed by atoms with Crippen molar-refractivity contribution in [3.05, 3.63) is 29.8 Å². The van der Waals surface area contributed by atoms with Gasteiger partial charge in [0.25, 0.3) is 0 Å². The molecule has 1 aromatic rings. The van der Waals surface area contributed by atoms with Crippen molar-refractivity contribution < 1.29 is 4.74 Å². The molecule has 94 valence electrons. The summed E-state index contributed by atoms with van der Waals surface area (Å²) < 4.78 is 5.41. The Hall–Kier alpha value is -1.06. The number of nitrogen functional groups attached to an aromatic ring is 1. The molecule has 1 saturated heterocycles. The van der Waals surface area contributed by atoms with Crippen LogP contribution >= 0.6 is 0 Å². The molecular weight excluding hydrogens is 212 g/mol. The summed E-state index contributed by atoms with van der Waals surface area (Å²) in [5, 5.41) is 0. The Labute approximate surface area is 104 Å². The van der Waals surface area contributed by atoms with Gasteiger partial charge in [-0.15, -0.1) is 0 Å². The number of hydrogen-bond donors (Lipinski definition) is 1. The molecule has 1 aliphatic heterocycles. The summed E-state index contributed by atoms with van der Waals surface area (Å²) in [7, 11) is 2.21. The highest BCUT2D eigenvalue weighted by Gasteiger charge is 2.22. The third-order valence-corrected chi connectivity index (χ3v) is 3.80. The predicted octanol–water partition coefficient (Wildman–Crippen LogP) is 2.44. The minimum Gasteiger partial charge on any atom is -0.399 e. The maximum Gasteiger partial charge on any atom is 0.0480 e. The number of nitrogens with two attached hydrogens (primary N) is 1. The molecule has 17 heavy (non-hydrogen) atoms. The van der Waals surface area contributed by atoms with Crippen molar-refractivity contribution in [1.82, 2.24) is 4.90 Å². The summed E-state index contributed by atoms with van der Waals surface area (Å²) in [6.45, 7) is 4.04. The largest absolute Gasteiger partial charge is 0.399 e. The van der Waals surface area contributed by atoms with Crippen molar-refractivity contribution in [3.8, 4) is 0 Å². The fraction of sp³-hybridized carbons (Fsp3) is 0.571. The van der Waals surface area contributed by atoms with Gasteiger partial charge in [0.1, 0.15) is 0 Å². The van der Waals surface area contributed by atoms with Crippen LogP contribution in [0.5, 0.6) is 0 Å². The smallest absolute Gasteiger partial charge is 0.0480 e. The van der Waals surface area contributed by atoms with Crippen LogP contribution in [-0.4, -0.2) is 31.2 Å². The van der Waals surface area contributed by atoms with Gasteiger partial charge in [0, 0.05) is 31.0 Å². The number of hydrogen-bond acceptors (Lipinski definition) is 3. The molecule has 3 heteroatoms. The Morgan fingerprint density at radius 1 is 1.24 bits per heavy atom. The first kappa shape index (κ1) is 12.4. The Morgan fingerprint density at radius 3 is 2.41 bits per heavy atom.